The van der Waals surface area contributed by atoms with Gasteiger partial charge in [0.1, 0.15) is 12.4 Å². The van der Waals surface area contributed by atoms with Crippen LogP contribution < -0.4 is 14.2 Å². The second-order valence-corrected chi connectivity index (χ2v) is 5.82. The average Bonchev–Trinajstić information content (AvgIpc) is 2.66. The van der Waals surface area contributed by atoms with E-state index in [4.69, 9.17) is 18.9 Å². The number of rotatable bonds is 7. The average molecular weight is 356 g/mol. The predicted molar refractivity (Wildman–Crippen MR) is 101 cm³/mol. The van der Waals surface area contributed by atoms with Crippen molar-refractivity contribution in [2.75, 3.05) is 21.3 Å². The summed E-state index contributed by atoms with van der Waals surface area (Å²) in [5.41, 5.74) is 3.91. The van der Waals surface area contributed by atoms with E-state index in [9.17, 15) is 4.79 Å². The first-order chi connectivity index (χ1) is 12.5. The Hall–Kier alpha value is -2.95. The van der Waals surface area contributed by atoms with Crippen molar-refractivity contribution >= 4 is 12.0 Å². The quantitative estimate of drug-likeness (QED) is 0.552. The third-order valence-electron chi connectivity index (χ3n) is 4.01. The molecule has 2 rings (SSSR count). The van der Waals surface area contributed by atoms with Gasteiger partial charge in [-0.05, 0) is 37.1 Å². The molecule has 0 bridgehead atoms. The molecule has 2 aromatic carbocycles. The van der Waals surface area contributed by atoms with Crippen molar-refractivity contribution in [3.05, 3.63) is 58.7 Å². The summed E-state index contributed by atoms with van der Waals surface area (Å²) in [6.07, 6.45) is 3.00. The van der Waals surface area contributed by atoms with Crippen LogP contribution in [0.4, 0.5) is 0 Å². The molecule has 0 aliphatic carbocycles. The molecule has 0 amide bonds. The topological polar surface area (TPSA) is 54.0 Å². The second-order valence-electron chi connectivity index (χ2n) is 5.82. The van der Waals surface area contributed by atoms with Gasteiger partial charge < -0.3 is 18.9 Å². The van der Waals surface area contributed by atoms with Crippen LogP contribution in [0.2, 0.25) is 0 Å². The fourth-order valence-electron chi connectivity index (χ4n) is 2.49. The largest absolute Gasteiger partial charge is 0.496 e. The fraction of sp³-hybridized carbons (Fsp3) is 0.286. The third-order valence-corrected chi connectivity index (χ3v) is 4.01. The molecule has 0 N–H and O–H groups in total. The van der Waals surface area contributed by atoms with Gasteiger partial charge in [-0.25, -0.2) is 4.79 Å². The number of hydrogen-bond acceptors (Lipinski definition) is 5. The molecule has 0 saturated carbocycles. The summed E-state index contributed by atoms with van der Waals surface area (Å²) in [5.74, 6) is 1.25. The van der Waals surface area contributed by atoms with E-state index >= 15 is 0 Å². The number of hydrogen-bond donors (Lipinski definition) is 0. The molecule has 0 atom stereocenters. The van der Waals surface area contributed by atoms with E-state index in [1.165, 1.54) is 6.08 Å². The maximum atomic E-state index is 12.1. The summed E-state index contributed by atoms with van der Waals surface area (Å²) in [7, 11) is 4.66. The molecule has 5 nitrogen and oxygen atoms in total. The molecular formula is C21H24O5. The first-order valence-corrected chi connectivity index (χ1v) is 8.19. The molecule has 0 aromatic heterocycles. The van der Waals surface area contributed by atoms with Crippen LogP contribution in [0, 0.1) is 13.8 Å². The van der Waals surface area contributed by atoms with E-state index < -0.39 is 5.97 Å². The molecule has 0 spiro atoms. The molecular weight excluding hydrogens is 332 g/mol. The lowest BCUT2D eigenvalue weighted by molar-refractivity contribution is -0.138. The minimum Gasteiger partial charge on any atom is -0.496 e. The molecule has 5 heteroatoms. The van der Waals surface area contributed by atoms with Crippen molar-refractivity contribution in [1.29, 1.82) is 0 Å². The highest BCUT2D eigenvalue weighted by molar-refractivity contribution is 5.87. The first-order valence-electron chi connectivity index (χ1n) is 8.19. The summed E-state index contributed by atoms with van der Waals surface area (Å²) < 4.78 is 21.2. The van der Waals surface area contributed by atoms with Gasteiger partial charge >= 0.3 is 5.97 Å². The minimum atomic E-state index is -0.428. The van der Waals surface area contributed by atoms with Gasteiger partial charge in [0.25, 0.3) is 0 Å². The normalized spacial score (nSPS) is 10.7. The summed E-state index contributed by atoms with van der Waals surface area (Å²) >= 11 is 0. The Kier molecular flexibility index (Phi) is 6.67. The van der Waals surface area contributed by atoms with Gasteiger partial charge in [0.15, 0.2) is 11.5 Å². The van der Waals surface area contributed by atoms with Crippen molar-refractivity contribution in [3.63, 3.8) is 0 Å². The first kappa shape index (κ1) is 19.4. The minimum absolute atomic E-state index is 0.236. The van der Waals surface area contributed by atoms with Gasteiger partial charge in [-0.2, -0.15) is 0 Å². The van der Waals surface area contributed by atoms with Crippen molar-refractivity contribution in [1.82, 2.24) is 0 Å². The molecule has 0 aliphatic heterocycles. The molecule has 138 valence electrons. The number of carbonyl (C=O) groups excluding carboxylic acids is 1. The van der Waals surface area contributed by atoms with Gasteiger partial charge in [0.2, 0.25) is 0 Å². The van der Waals surface area contributed by atoms with Crippen LogP contribution in [0.25, 0.3) is 6.08 Å². The summed E-state index contributed by atoms with van der Waals surface area (Å²) in [6, 6.07) is 9.52. The Morgan fingerprint density at radius 2 is 1.58 bits per heavy atom. The zero-order valence-electron chi connectivity index (χ0n) is 15.8. The van der Waals surface area contributed by atoms with Crippen LogP contribution in [0.5, 0.6) is 17.2 Å². The molecule has 0 radical (unpaired) electrons. The third kappa shape index (κ3) is 4.79. The standard InChI is InChI=1S/C21H24O5/c1-14-6-7-15(2)17(10-14)13-26-21(22)9-8-16-11-19(24-4)20(25-5)12-18(16)23-3/h6-12H,13H2,1-5H3/b9-8+. The lowest BCUT2D eigenvalue weighted by Crippen LogP contribution is -2.02. The highest BCUT2D eigenvalue weighted by Crippen LogP contribution is 2.35. The zero-order chi connectivity index (χ0) is 19.1. The number of esters is 1. The SMILES string of the molecule is COc1cc(OC)c(OC)cc1/C=C/C(=O)OCc1cc(C)ccc1C. The summed E-state index contributed by atoms with van der Waals surface area (Å²) in [6.45, 7) is 4.24. The monoisotopic (exact) mass is 356 g/mol. The number of benzene rings is 2. The molecule has 0 fully saturated rings. The summed E-state index contributed by atoms with van der Waals surface area (Å²) in [4.78, 5) is 12.1. The van der Waals surface area contributed by atoms with E-state index in [-0.39, 0.29) is 6.61 Å². The number of methoxy groups -OCH3 is 3. The molecule has 0 heterocycles. The maximum Gasteiger partial charge on any atom is 0.331 e. The Bertz CT molecular complexity index is 808. The van der Waals surface area contributed by atoms with Gasteiger partial charge in [-0.1, -0.05) is 23.8 Å². The molecule has 0 aliphatic rings. The van der Waals surface area contributed by atoms with E-state index in [1.54, 1.807) is 39.5 Å². The highest BCUT2D eigenvalue weighted by atomic mass is 16.5. The van der Waals surface area contributed by atoms with Crippen LogP contribution in [0.1, 0.15) is 22.3 Å². The van der Waals surface area contributed by atoms with Gasteiger partial charge in [0, 0.05) is 17.7 Å². The lowest BCUT2D eigenvalue weighted by Gasteiger charge is -2.12. The molecule has 2 aromatic rings. The Morgan fingerprint density at radius 1 is 0.923 bits per heavy atom. The van der Waals surface area contributed by atoms with E-state index in [2.05, 4.69) is 0 Å². The van der Waals surface area contributed by atoms with Crippen molar-refractivity contribution in [3.8, 4) is 17.2 Å². The Labute approximate surface area is 154 Å². The van der Waals surface area contributed by atoms with Crippen LogP contribution in [0.15, 0.2) is 36.4 Å². The van der Waals surface area contributed by atoms with Crippen LogP contribution in [0.3, 0.4) is 0 Å². The predicted octanol–water partition coefficient (Wildman–Crippen LogP) is 4.09. The highest BCUT2D eigenvalue weighted by Gasteiger charge is 2.10. The molecule has 0 unspecified atom stereocenters. The summed E-state index contributed by atoms with van der Waals surface area (Å²) in [5, 5.41) is 0. The number of carbonyl (C=O) groups is 1. The van der Waals surface area contributed by atoms with Crippen LogP contribution in [-0.4, -0.2) is 27.3 Å². The number of ether oxygens (including phenoxy) is 4. The van der Waals surface area contributed by atoms with Crippen LogP contribution >= 0.6 is 0 Å². The smallest absolute Gasteiger partial charge is 0.331 e. The Balaban J connectivity index is 2.11. The van der Waals surface area contributed by atoms with E-state index in [0.29, 0.717) is 22.8 Å². The van der Waals surface area contributed by atoms with Crippen LogP contribution in [-0.2, 0) is 16.1 Å². The second kappa shape index (κ2) is 8.94. The fourth-order valence-corrected chi connectivity index (χ4v) is 2.49. The van der Waals surface area contributed by atoms with Crippen molar-refractivity contribution in [2.24, 2.45) is 0 Å². The van der Waals surface area contributed by atoms with E-state index in [1.807, 2.05) is 32.0 Å². The van der Waals surface area contributed by atoms with Crippen molar-refractivity contribution < 1.29 is 23.7 Å². The van der Waals surface area contributed by atoms with Gasteiger partial charge in [-0.3, -0.25) is 0 Å². The van der Waals surface area contributed by atoms with E-state index in [0.717, 1.165) is 16.7 Å². The molecule has 26 heavy (non-hydrogen) atoms. The maximum absolute atomic E-state index is 12.1. The van der Waals surface area contributed by atoms with Gasteiger partial charge in [0.05, 0.1) is 21.3 Å². The van der Waals surface area contributed by atoms with Gasteiger partial charge in [-0.15, -0.1) is 0 Å². The van der Waals surface area contributed by atoms with Crippen molar-refractivity contribution in [2.45, 2.75) is 20.5 Å². The zero-order valence-corrected chi connectivity index (χ0v) is 15.8. The molecule has 0 saturated heterocycles. The number of aryl methyl sites for hydroxylation is 2. The Morgan fingerprint density at radius 3 is 2.23 bits per heavy atom. The lowest BCUT2D eigenvalue weighted by atomic mass is 10.1.